The third-order valence-corrected chi connectivity index (χ3v) is 6.66. The van der Waals surface area contributed by atoms with Gasteiger partial charge in [-0.05, 0) is 67.4 Å². The van der Waals surface area contributed by atoms with Gasteiger partial charge in [-0.2, -0.15) is 4.98 Å². The fourth-order valence-electron chi connectivity index (χ4n) is 4.05. The lowest BCUT2D eigenvalue weighted by Gasteiger charge is -2.26. The van der Waals surface area contributed by atoms with Crippen LogP contribution in [0.1, 0.15) is 12.8 Å². The molecule has 4 N–H and O–H groups in total. The molecule has 41 heavy (non-hydrogen) atoms. The molecule has 1 fully saturated rings. The molecule has 0 radical (unpaired) electrons. The Hall–Kier alpha value is -4.95. The molecular weight excluding hydrogens is 558 g/mol. The zero-order valence-electron chi connectivity index (χ0n) is 21.0. The van der Waals surface area contributed by atoms with Crippen LogP contribution in [0.15, 0.2) is 79.0 Å². The van der Waals surface area contributed by atoms with E-state index in [0.717, 1.165) is 23.1 Å². The van der Waals surface area contributed by atoms with E-state index < -0.39 is 40.1 Å². The summed E-state index contributed by atoms with van der Waals surface area (Å²) in [7, 11) is 0. The minimum atomic E-state index is -2.49. The van der Waals surface area contributed by atoms with Crippen molar-refractivity contribution in [3.8, 4) is 11.6 Å². The molecule has 1 saturated carbocycles. The van der Waals surface area contributed by atoms with Gasteiger partial charge >= 0.3 is 0 Å². The molecule has 2 amide bonds. The molecule has 210 valence electrons. The zero-order valence-corrected chi connectivity index (χ0v) is 21.9. The third-order valence-electron chi connectivity index (χ3n) is 6.26. The largest absolute Gasteiger partial charge is 0.755 e. The molecule has 14 heteroatoms. The molecule has 0 spiro atoms. The van der Waals surface area contributed by atoms with E-state index in [1.54, 1.807) is 18.2 Å². The number of aromatic nitrogens is 2. The van der Waals surface area contributed by atoms with E-state index in [0.29, 0.717) is 11.4 Å². The maximum atomic E-state index is 15.3. The van der Waals surface area contributed by atoms with Crippen LogP contribution in [0.4, 0.5) is 37.5 Å². The summed E-state index contributed by atoms with van der Waals surface area (Å²) >= 11 is -2.49. The number of anilines is 5. The molecular formula is C27H21F2N6O5S-. The van der Waals surface area contributed by atoms with Crippen molar-refractivity contribution < 1.29 is 31.9 Å². The minimum absolute atomic E-state index is 0.0128. The molecule has 3 aromatic carbocycles. The first-order valence-corrected chi connectivity index (χ1v) is 13.2. The summed E-state index contributed by atoms with van der Waals surface area (Å²) in [5.41, 5.74) is 5.18. The Kier molecular flexibility index (Phi) is 7.59. The minimum Gasteiger partial charge on any atom is -0.755 e. The molecule has 1 aliphatic rings. The SMILES string of the molecule is NC(=O)C1(C(=O)N(c2ccc(F)cc2)c2ccc(Oc3ccnc(Nc4cccc(NS(=O)[O-])c4)n3)c(F)c2)CC1. The van der Waals surface area contributed by atoms with E-state index in [2.05, 4.69) is 20.0 Å². The Bertz CT molecular complexity index is 1650. The van der Waals surface area contributed by atoms with Crippen molar-refractivity contribution in [3.63, 3.8) is 0 Å². The summed E-state index contributed by atoms with van der Waals surface area (Å²) in [5, 5.41) is 2.90. The first kappa shape index (κ1) is 27.6. The van der Waals surface area contributed by atoms with Crippen molar-refractivity contribution in [2.45, 2.75) is 12.8 Å². The maximum absolute atomic E-state index is 15.3. The Labute approximate surface area is 234 Å². The first-order valence-electron chi connectivity index (χ1n) is 12.1. The molecule has 1 aliphatic carbocycles. The highest BCUT2D eigenvalue weighted by Gasteiger charge is 2.57. The number of benzene rings is 3. The van der Waals surface area contributed by atoms with Gasteiger partial charge in [-0.1, -0.05) is 6.07 Å². The molecule has 1 atom stereocenters. The number of carbonyl (C=O) groups excluding carboxylic acids is 2. The molecule has 0 saturated heterocycles. The normalized spacial score (nSPS) is 14.0. The number of nitrogens with two attached hydrogens (primary N) is 1. The summed E-state index contributed by atoms with van der Waals surface area (Å²) < 4.78 is 58.5. The van der Waals surface area contributed by atoms with E-state index in [1.165, 1.54) is 42.6 Å². The van der Waals surface area contributed by atoms with Crippen molar-refractivity contribution in [2.75, 3.05) is 14.9 Å². The number of nitrogens with zero attached hydrogens (tertiary/aromatic N) is 3. The average molecular weight is 580 g/mol. The quantitative estimate of drug-likeness (QED) is 0.184. The van der Waals surface area contributed by atoms with Crippen molar-refractivity contribution >= 4 is 51.8 Å². The standard InChI is InChI=1S/C27H22F2N6O5S/c28-16-4-6-19(7-5-16)35(25(37)27(11-12-27)24(30)36)20-8-9-22(21(29)15-20)40-23-10-13-31-26(33-23)32-17-2-1-3-18(14-17)34-41(38)39/h1-10,13-15,34H,11-12H2,(H2,30,36)(H,38,39)(H,31,32,33)/p-1. The average Bonchev–Trinajstić information content (AvgIpc) is 3.74. The summed E-state index contributed by atoms with van der Waals surface area (Å²) in [6.07, 6.45) is 1.89. The van der Waals surface area contributed by atoms with Crippen molar-refractivity contribution in [2.24, 2.45) is 11.1 Å². The molecule has 5 rings (SSSR count). The van der Waals surface area contributed by atoms with Crippen molar-refractivity contribution in [1.82, 2.24) is 9.97 Å². The van der Waals surface area contributed by atoms with Crippen LogP contribution >= 0.6 is 0 Å². The van der Waals surface area contributed by atoms with Gasteiger partial charge in [0.2, 0.25) is 23.6 Å². The van der Waals surface area contributed by atoms with Crippen LogP contribution in [0.3, 0.4) is 0 Å². The van der Waals surface area contributed by atoms with Gasteiger partial charge in [-0.25, -0.2) is 13.8 Å². The lowest BCUT2D eigenvalue weighted by molar-refractivity contribution is -0.133. The van der Waals surface area contributed by atoms with Crippen molar-refractivity contribution in [1.29, 1.82) is 0 Å². The fourth-order valence-corrected chi connectivity index (χ4v) is 4.37. The van der Waals surface area contributed by atoms with Crippen LogP contribution in [0.25, 0.3) is 0 Å². The molecule has 1 aromatic heterocycles. The number of hydrogen-bond acceptors (Lipinski definition) is 8. The van der Waals surface area contributed by atoms with Crippen LogP contribution in [-0.2, 0) is 20.9 Å². The van der Waals surface area contributed by atoms with Gasteiger partial charge in [-0.15, -0.1) is 0 Å². The predicted molar refractivity (Wildman–Crippen MR) is 145 cm³/mol. The predicted octanol–water partition coefficient (Wildman–Crippen LogP) is 4.43. The van der Waals surface area contributed by atoms with Crippen LogP contribution < -0.4 is 25.4 Å². The number of hydrogen-bond donors (Lipinski definition) is 3. The number of nitrogens with one attached hydrogen (secondary N) is 2. The lowest BCUT2D eigenvalue weighted by Crippen LogP contribution is -2.41. The zero-order chi connectivity index (χ0) is 29.1. The molecule has 0 bridgehead atoms. The van der Waals surface area contributed by atoms with Crippen LogP contribution in [0, 0.1) is 17.0 Å². The first-order chi connectivity index (χ1) is 19.6. The molecule has 1 heterocycles. The Morgan fingerprint density at radius 1 is 1.00 bits per heavy atom. The fraction of sp³-hybridized carbons (Fsp3) is 0.111. The highest BCUT2D eigenvalue weighted by molar-refractivity contribution is 7.80. The van der Waals surface area contributed by atoms with Gasteiger partial charge in [0, 0.05) is 46.7 Å². The topological polar surface area (TPSA) is 163 Å². The number of amides is 2. The van der Waals surface area contributed by atoms with Gasteiger partial charge in [0.15, 0.2) is 11.6 Å². The van der Waals surface area contributed by atoms with Gasteiger partial charge in [-0.3, -0.25) is 18.7 Å². The number of ether oxygens (including phenoxy) is 1. The molecule has 11 nitrogen and oxygen atoms in total. The summed E-state index contributed by atoms with van der Waals surface area (Å²) in [6.45, 7) is 0. The van der Waals surface area contributed by atoms with Crippen LogP contribution in [0.5, 0.6) is 11.6 Å². The Morgan fingerprint density at radius 3 is 2.37 bits per heavy atom. The second kappa shape index (κ2) is 11.3. The monoisotopic (exact) mass is 579 g/mol. The number of rotatable bonds is 10. The van der Waals surface area contributed by atoms with E-state index in [9.17, 15) is 22.7 Å². The van der Waals surface area contributed by atoms with Gasteiger partial charge < -0.3 is 25.1 Å². The summed E-state index contributed by atoms with van der Waals surface area (Å²) in [6, 6.07) is 16.5. The lowest BCUT2D eigenvalue weighted by atomic mass is 10.0. The number of halogens is 2. The van der Waals surface area contributed by atoms with Crippen LogP contribution in [-0.4, -0.2) is 30.5 Å². The van der Waals surface area contributed by atoms with Crippen molar-refractivity contribution in [3.05, 3.63) is 90.6 Å². The van der Waals surface area contributed by atoms with E-state index in [4.69, 9.17) is 10.5 Å². The molecule has 4 aromatic rings. The number of carbonyl (C=O) groups is 2. The van der Waals surface area contributed by atoms with Gasteiger partial charge in [0.1, 0.15) is 11.2 Å². The van der Waals surface area contributed by atoms with E-state index in [-0.39, 0.29) is 41.8 Å². The highest BCUT2D eigenvalue weighted by Crippen LogP contribution is 2.49. The smallest absolute Gasteiger partial charge is 0.247 e. The van der Waals surface area contributed by atoms with Crippen LogP contribution in [0.2, 0.25) is 0 Å². The Balaban J connectivity index is 1.38. The molecule has 0 aliphatic heterocycles. The highest BCUT2D eigenvalue weighted by atomic mass is 32.2. The van der Waals surface area contributed by atoms with Gasteiger partial charge in [0.25, 0.3) is 0 Å². The van der Waals surface area contributed by atoms with Gasteiger partial charge in [0.05, 0.1) is 5.69 Å². The molecule has 1 unspecified atom stereocenters. The second-order valence-corrected chi connectivity index (χ2v) is 9.71. The summed E-state index contributed by atoms with van der Waals surface area (Å²) in [4.78, 5) is 34.9. The maximum Gasteiger partial charge on any atom is 0.247 e. The second-order valence-electron chi connectivity index (χ2n) is 9.04. The number of primary amides is 1. The Morgan fingerprint density at radius 2 is 1.71 bits per heavy atom. The summed E-state index contributed by atoms with van der Waals surface area (Å²) in [5.74, 6) is -2.94. The van der Waals surface area contributed by atoms with E-state index in [1.807, 2.05) is 0 Å². The van der Waals surface area contributed by atoms with E-state index >= 15 is 4.39 Å². The third kappa shape index (κ3) is 6.13.